The van der Waals surface area contributed by atoms with Crippen molar-refractivity contribution in [2.45, 2.75) is 34.2 Å². The molecule has 4 rings (SSSR count). The summed E-state index contributed by atoms with van der Waals surface area (Å²) in [6.45, 7) is 10.7. The summed E-state index contributed by atoms with van der Waals surface area (Å²) in [5, 5.41) is 0. The molecule has 1 aliphatic heterocycles. The highest BCUT2D eigenvalue weighted by Gasteiger charge is 2.25. The molecular weight excluding hydrogens is 478 g/mol. The van der Waals surface area contributed by atoms with Gasteiger partial charge in [0, 0.05) is 56.8 Å². The third-order valence-corrected chi connectivity index (χ3v) is 8.10. The van der Waals surface area contributed by atoms with E-state index in [-0.39, 0.29) is 22.8 Å². The van der Waals surface area contributed by atoms with Crippen LogP contribution in [0.5, 0.6) is 0 Å². The number of pyridine rings is 1. The van der Waals surface area contributed by atoms with Crippen molar-refractivity contribution in [1.29, 1.82) is 0 Å². The monoisotopic (exact) mass is 513 g/mol. The van der Waals surface area contributed by atoms with Crippen LogP contribution in [-0.2, 0) is 28.2 Å². The van der Waals surface area contributed by atoms with Crippen molar-refractivity contribution in [3.8, 4) is 11.3 Å². The van der Waals surface area contributed by atoms with Gasteiger partial charge in [-0.3, -0.25) is 13.9 Å². The van der Waals surface area contributed by atoms with Gasteiger partial charge < -0.3 is 9.80 Å². The minimum Gasteiger partial charge on any atom is -0.368 e. The third-order valence-electron chi connectivity index (χ3n) is 6.54. The summed E-state index contributed by atoms with van der Waals surface area (Å²) in [4.78, 5) is 33.9. The van der Waals surface area contributed by atoms with Crippen LogP contribution in [0.3, 0.4) is 0 Å². The largest absolute Gasteiger partial charge is 0.368 e. The maximum atomic E-state index is 12.9. The highest BCUT2D eigenvalue weighted by atomic mass is 32.2. The van der Waals surface area contributed by atoms with E-state index in [0.717, 1.165) is 22.5 Å². The Morgan fingerprint density at radius 3 is 2.39 bits per heavy atom. The number of aromatic nitrogens is 3. The van der Waals surface area contributed by atoms with Crippen LogP contribution in [0.25, 0.3) is 22.4 Å². The fourth-order valence-electron chi connectivity index (χ4n) is 4.52. The Hall–Kier alpha value is -3.14. The van der Waals surface area contributed by atoms with Crippen molar-refractivity contribution < 1.29 is 13.2 Å². The van der Waals surface area contributed by atoms with Crippen molar-refractivity contribution in [2.75, 3.05) is 42.6 Å². The van der Waals surface area contributed by atoms with Crippen molar-refractivity contribution in [3.63, 3.8) is 0 Å². The predicted octanol–water partition coefficient (Wildman–Crippen LogP) is 2.53. The van der Waals surface area contributed by atoms with E-state index in [4.69, 9.17) is 4.98 Å². The molecule has 194 valence electrons. The zero-order valence-electron chi connectivity index (χ0n) is 21.7. The van der Waals surface area contributed by atoms with Crippen LogP contribution in [0.1, 0.15) is 27.7 Å². The summed E-state index contributed by atoms with van der Waals surface area (Å²) in [5.41, 5.74) is 4.11. The number of aryl methyl sites for hydroxylation is 1. The van der Waals surface area contributed by atoms with E-state index in [0.29, 0.717) is 38.4 Å². The SMILES string of the molecule is CCS(=O)(=O)CC(=O)N1CCN(c2cccc(-c3ccc4c(n3)n(C)c(=O)n4CC(C)(C)C)c2)CC1. The molecule has 1 amide bonds. The lowest BCUT2D eigenvalue weighted by Crippen LogP contribution is -2.50. The van der Waals surface area contributed by atoms with Crippen LogP contribution < -0.4 is 10.6 Å². The number of carbonyl (C=O) groups is 1. The maximum absolute atomic E-state index is 12.9. The Balaban J connectivity index is 1.53. The Kier molecular flexibility index (Phi) is 7.01. The number of imidazole rings is 1. The number of hydrogen-bond donors (Lipinski definition) is 0. The Morgan fingerprint density at radius 1 is 1.06 bits per heavy atom. The number of fused-ring (bicyclic) bond motifs is 1. The summed E-state index contributed by atoms with van der Waals surface area (Å²) in [6.07, 6.45) is 0. The molecule has 0 bridgehead atoms. The Labute approximate surface area is 212 Å². The Bertz CT molecular complexity index is 1440. The molecule has 1 fully saturated rings. The molecule has 9 nitrogen and oxygen atoms in total. The van der Waals surface area contributed by atoms with E-state index in [2.05, 4.69) is 31.7 Å². The van der Waals surface area contributed by atoms with Gasteiger partial charge in [-0.15, -0.1) is 0 Å². The molecule has 1 saturated heterocycles. The lowest BCUT2D eigenvalue weighted by Gasteiger charge is -2.36. The highest BCUT2D eigenvalue weighted by Crippen LogP contribution is 2.27. The van der Waals surface area contributed by atoms with Crippen molar-refractivity contribution >= 4 is 32.6 Å². The molecule has 0 atom stereocenters. The van der Waals surface area contributed by atoms with Gasteiger partial charge in [-0.2, -0.15) is 0 Å². The van der Waals surface area contributed by atoms with Crippen molar-refractivity contribution in [2.24, 2.45) is 12.5 Å². The molecule has 3 heterocycles. The van der Waals surface area contributed by atoms with Crippen molar-refractivity contribution in [3.05, 3.63) is 46.9 Å². The van der Waals surface area contributed by atoms with E-state index < -0.39 is 15.6 Å². The normalized spacial score (nSPS) is 15.0. The molecular formula is C26H35N5O4S. The van der Waals surface area contributed by atoms with Crippen molar-refractivity contribution in [1.82, 2.24) is 19.0 Å². The van der Waals surface area contributed by atoms with Gasteiger partial charge in [0.25, 0.3) is 0 Å². The van der Waals surface area contributed by atoms with Gasteiger partial charge in [0.05, 0.1) is 11.2 Å². The van der Waals surface area contributed by atoms with Crippen LogP contribution in [0, 0.1) is 5.41 Å². The zero-order valence-corrected chi connectivity index (χ0v) is 22.5. The van der Waals surface area contributed by atoms with Gasteiger partial charge in [0.2, 0.25) is 5.91 Å². The first-order valence-electron chi connectivity index (χ1n) is 12.3. The van der Waals surface area contributed by atoms with E-state index in [1.54, 1.807) is 28.0 Å². The topological polar surface area (TPSA) is 97.5 Å². The third kappa shape index (κ3) is 5.48. The summed E-state index contributed by atoms with van der Waals surface area (Å²) >= 11 is 0. The van der Waals surface area contributed by atoms with Crippen LogP contribution in [0.4, 0.5) is 5.69 Å². The number of benzene rings is 1. The number of carbonyl (C=O) groups excluding carboxylic acids is 1. The number of piperazine rings is 1. The van der Waals surface area contributed by atoms with E-state index in [1.807, 2.05) is 30.3 Å². The van der Waals surface area contributed by atoms with Gasteiger partial charge in [-0.25, -0.2) is 18.2 Å². The summed E-state index contributed by atoms with van der Waals surface area (Å²) in [5.74, 6) is -0.778. The molecule has 0 spiro atoms. The maximum Gasteiger partial charge on any atom is 0.330 e. The molecule has 1 aromatic carbocycles. The molecule has 10 heteroatoms. The van der Waals surface area contributed by atoms with E-state index in [9.17, 15) is 18.0 Å². The summed E-state index contributed by atoms with van der Waals surface area (Å²) in [7, 11) is -1.58. The average Bonchev–Trinajstić information content (AvgIpc) is 3.07. The van der Waals surface area contributed by atoms with Gasteiger partial charge in [0.15, 0.2) is 15.5 Å². The number of anilines is 1. The fourth-order valence-corrected chi connectivity index (χ4v) is 5.28. The number of rotatable bonds is 6. The standard InChI is InChI=1S/C26H35N5O4S/c1-6-36(34,35)17-23(32)30-14-12-29(13-15-30)20-9-7-8-19(16-20)21-10-11-22-24(27-21)28(5)25(33)31(22)18-26(2,3)4/h7-11,16H,6,12-15,17-18H2,1-5H3. The molecule has 0 aliphatic carbocycles. The number of nitrogens with zero attached hydrogens (tertiary/aromatic N) is 5. The quantitative estimate of drug-likeness (QED) is 0.503. The second kappa shape index (κ2) is 9.72. The fraction of sp³-hybridized carbons (Fsp3) is 0.500. The lowest BCUT2D eigenvalue weighted by atomic mass is 9.97. The van der Waals surface area contributed by atoms with Crippen LogP contribution >= 0.6 is 0 Å². The minimum absolute atomic E-state index is 0.0270. The van der Waals surface area contributed by atoms with E-state index >= 15 is 0 Å². The molecule has 1 aliphatic rings. The van der Waals surface area contributed by atoms with Gasteiger partial charge >= 0.3 is 5.69 Å². The summed E-state index contributed by atoms with van der Waals surface area (Å²) < 4.78 is 27.0. The Morgan fingerprint density at radius 2 is 1.75 bits per heavy atom. The molecule has 0 radical (unpaired) electrons. The predicted molar refractivity (Wildman–Crippen MR) is 143 cm³/mol. The zero-order chi connectivity index (χ0) is 26.3. The van der Waals surface area contributed by atoms with Gasteiger partial charge in [0.1, 0.15) is 5.75 Å². The first-order chi connectivity index (χ1) is 16.9. The number of sulfone groups is 1. The number of hydrogen-bond acceptors (Lipinski definition) is 6. The lowest BCUT2D eigenvalue weighted by molar-refractivity contribution is -0.128. The van der Waals surface area contributed by atoms with E-state index in [1.165, 1.54) is 0 Å². The van der Waals surface area contributed by atoms with Gasteiger partial charge in [-0.05, 0) is 29.7 Å². The van der Waals surface area contributed by atoms with Crippen LogP contribution in [0.2, 0.25) is 0 Å². The molecule has 3 aromatic rings. The average molecular weight is 514 g/mol. The first-order valence-corrected chi connectivity index (χ1v) is 14.1. The molecule has 0 saturated carbocycles. The molecule has 2 aromatic heterocycles. The second-order valence-corrected chi connectivity index (χ2v) is 13.0. The highest BCUT2D eigenvalue weighted by molar-refractivity contribution is 7.92. The minimum atomic E-state index is -3.33. The van der Waals surface area contributed by atoms with Gasteiger partial charge in [-0.1, -0.05) is 39.8 Å². The summed E-state index contributed by atoms with van der Waals surface area (Å²) in [6, 6.07) is 12.0. The number of amides is 1. The first kappa shape index (κ1) is 25.9. The van der Waals surface area contributed by atoms with Crippen LogP contribution in [-0.4, -0.2) is 71.0 Å². The second-order valence-electron chi connectivity index (χ2n) is 10.6. The van der Waals surface area contributed by atoms with Crippen LogP contribution in [0.15, 0.2) is 41.2 Å². The molecule has 0 unspecified atom stereocenters. The molecule has 36 heavy (non-hydrogen) atoms. The molecule has 0 N–H and O–H groups in total. The smallest absolute Gasteiger partial charge is 0.330 e.